The van der Waals surface area contributed by atoms with Crippen LogP contribution >= 0.6 is 11.6 Å². The summed E-state index contributed by atoms with van der Waals surface area (Å²) in [6.07, 6.45) is 5.39. The Morgan fingerprint density at radius 1 is 1.26 bits per heavy atom. The maximum absolute atomic E-state index is 13.0. The Labute approximate surface area is 187 Å². The number of hydrogen-bond donors (Lipinski definition) is 0. The zero-order valence-electron chi connectivity index (χ0n) is 18.2. The molecule has 1 saturated heterocycles. The fraction of sp³-hybridized carbons (Fsp3) is 0.478. The second-order valence-corrected chi connectivity index (χ2v) is 7.91. The summed E-state index contributed by atoms with van der Waals surface area (Å²) in [7, 11) is 3.36. The highest BCUT2D eigenvalue weighted by molar-refractivity contribution is 6.32. The number of carbonyl (C=O) groups excluding carboxylic acids is 2. The van der Waals surface area contributed by atoms with Crippen LogP contribution in [0.25, 0.3) is 0 Å². The Kier molecular flexibility index (Phi) is 7.85. The summed E-state index contributed by atoms with van der Waals surface area (Å²) in [6, 6.07) is 6.82. The van der Waals surface area contributed by atoms with Gasteiger partial charge in [-0.1, -0.05) is 11.6 Å². The molecule has 2 aromatic rings. The number of ether oxygens (including phenoxy) is 3. The van der Waals surface area contributed by atoms with Crippen LogP contribution < -0.4 is 9.47 Å². The molecule has 31 heavy (non-hydrogen) atoms. The van der Waals surface area contributed by atoms with Crippen LogP contribution in [0.3, 0.4) is 0 Å². The lowest BCUT2D eigenvalue weighted by Crippen LogP contribution is -2.44. The highest BCUT2D eigenvalue weighted by Gasteiger charge is 2.28. The normalized spacial score (nSPS) is 16.1. The van der Waals surface area contributed by atoms with Crippen molar-refractivity contribution in [2.75, 3.05) is 26.9 Å². The highest BCUT2D eigenvalue weighted by Crippen LogP contribution is 2.36. The van der Waals surface area contributed by atoms with Gasteiger partial charge in [0.1, 0.15) is 5.69 Å². The van der Waals surface area contributed by atoms with Gasteiger partial charge >= 0.3 is 5.97 Å². The maximum Gasteiger partial charge on any atom is 0.338 e. The molecule has 0 saturated carbocycles. The first-order chi connectivity index (χ1) is 15.0. The molecule has 1 atom stereocenters. The van der Waals surface area contributed by atoms with Gasteiger partial charge < -0.3 is 23.7 Å². The molecule has 0 bridgehead atoms. The van der Waals surface area contributed by atoms with Gasteiger partial charge in [-0.15, -0.1) is 0 Å². The fourth-order valence-corrected chi connectivity index (χ4v) is 4.16. The monoisotopic (exact) mass is 448 g/mol. The number of rotatable bonds is 8. The van der Waals surface area contributed by atoms with Gasteiger partial charge in [0.2, 0.25) is 0 Å². The van der Waals surface area contributed by atoms with Crippen LogP contribution in [0.5, 0.6) is 11.5 Å². The first kappa shape index (κ1) is 23.0. The number of piperidine rings is 1. The number of aryl methyl sites for hydroxylation is 1. The molecular formula is C23H29ClN2O5. The van der Waals surface area contributed by atoms with Gasteiger partial charge in [-0.25, -0.2) is 4.79 Å². The Hall–Kier alpha value is -2.67. The molecule has 1 aliphatic heterocycles. The van der Waals surface area contributed by atoms with Crippen LogP contribution in [0.4, 0.5) is 0 Å². The standard InChI is InChI=1S/C23H29ClN2O5/c1-4-30-21-18(24)14-16(15-20(21)29-3)23(28)31-13-10-17-8-5-6-12-26(17)22(27)19-9-7-11-25(19)2/h7,9,11,14-15,17H,4-6,8,10,12-13H2,1-3H3. The van der Waals surface area contributed by atoms with Gasteiger partial charge in [0.05, 0.1) is 30.9 Å². The van der Waals surface area contributed by atoms with Crippen molar-refractivity contribution in [2.24, 2.45) is 7.05 Å². The average Bonchev–Trinajstić information content (AvgIpc) is 3.20. The minimum absolute atomic E-state index is 0.0200. The highest BCUT2D eigenvalue weighted by atomic mass is 35.5. The zero-order chi connectivity index (χ0) is 22.4. The third-order valence-electron chi connectivity index (χ3n) is 5.49. The van der Waals surface area contributed by atoms with E-state index in [-0.39, 0.29) is 18.6 Å². The largest absolute Gasteiger partial charge is 0.493 e. The molecule has 0 N–H and O–H groups in total. The van der Waals surface area contributed by atoms with Crippen molar-refractivity contribution in [3.8, 4) is 11.5 Å². The fourth-order valence-electron chi connectivity index (χ4n) is 3.89. The van der Waals surface area contributed by atoms with Crippen molar-refractivity contribution >= 4 is 23.5 Å². The first-order valence-corrected chi connectivity index (χ1v) is 10.9. The molecule has 2 heterocycles. The Balaban J connectivity index is 1.62. The van der Waals surface area contributed by atoms with Crippen molar-refractivity contribution in [3.63, 3.8) is 0 Å². The maximum atomic E-state index is 13.0. The van der Waals surface area contributed by atoms with E-state index in [0.717, 1.165) is 19.3 Å². The van der Waals surface area contributed by atoms with Crippen LogP contribution in [0.2, 0.25) is 5.02 Å². The van der Waals surface area contributed by atoms with Crippen LogP contribution in [0.15, 0.2) is 30.5 Å². The molecule has 8 heteroatoms. The van der Waals surface area contributed by atoms with Gasteiger partial charge in [-0.2, -0.15) is 0 Å². The van der Waals surface area contributed by atoms with Crippen LogP contribution in [0, 0.1) is 0 Å². The second-order valence-electron chi connectivity index (χ2n) is 7.50. The Bertz CT molecular complexity index is 927. The average molecular weight is 449 g/mol. The van der Waals surface area contributed by atoms with Crippen molar-refractivity contribution in [3.05, 3.63) is 46.7 Å². The third kappa shape index (κ3) is 5.34. The van der Waals surface area contributed by atoms with Crippen molar-refractivity contribution < 1.29 is 23.8 Å². The van der Waals surface area contributed by atoms with Gasteiger partial charge in [-0.05, 0) is 50.5 Å². The van der Waals surface area contributed by atoms with Crippen LogP contribution in [-0.4, -0.2) is 54.3 Å². The lowest BCUT2D eigenvalue weighted by atomic mass is 9.99. The first-order valence-electron chi connectivity index (χ1n) is 10.6. The van der Waals surface area contributed by atoms with Crippen LogP contribution in [0.1, 0.15) is 53.5 Å². The SMILES string of the molecule is CCOc1c(Cl)cc(C(=O)OCCC2CCCCN2C(=O)c2cccn2C)cc1OC. The number of amides is 1. The molecule has 1 unspecified atom stereocenters. The lowest BCUT2D eigenvalue weighted by Gasteiger charge is -2.35. The molecule has 1 aliphatic rings. The number of aromatic nitrogens is 1. The smallest absolute Gasteiger partial charge is 0.338 e. The molecule has 0 aliphatic carbocycles. The quantitative estimate of drug-likeness (QED) is 0.562. The zero-order valence-corrected chi connectivity index (χ0v) is 19.0. The summed E-state index contributed by atoms with van der Waals surface area (Å²) in [5.41, 5.74) is 0.964. The molecule has 168 valence electrons. The topological polar surface area (TPSA) is 70.0 Å². The summed E-state index contributed by atoms with van der Waals surface area (Å²) < 4.78 is 18.1. The molecule has 1 aromatic carbocycles. The Morgan fingerprint density at radius 2 is 2.06 bits per heavy atom. The van der Waals surface area contributed by atoms with E-state index in [9.17, 15) is 9.59 Å². The van der Waals surface area contributed by atoms with Crippen molar-refractivity contribution in [2.45, 2.75) is 38.6 Å². The molecule has 3 rings (SSSR count). The molecular weight excluding hydrogens is 420 g/mol. The van der Waals surface area contributed by atoms with E-state index in [4.69, 9.17) is 25.8 Å². The number of esters is 1. The van der Waals surface area contributed by atoms with Crippen molar-refractivity contribution in [1.29, 1.82) is 0 Å². The summed E-state index contributed by atoms with van der Waals surface area (Å²) in [5.74, 6) is 0.319. The van der Waals surface area contributed by atoms with Gasteiger partial charge in [0.15, 0.2) is 11.5 Å². The number of carbonyl (C=O) groups is 2. The second kappa shape index (κ2) is 10.6. The summed E-state index contributed by atoms with van der Waals surface area (Å²) >= 11 is 6.25. The number of hydrogen-bond acceptors (Lipinski definition) is 5. The molecule has 0 radical (unpaired) electrons. The van der Waals surface area contributed by atoms with Crippen LogP contribution in [-0.2, 0) is 11.8 Å². The summed E-state index contributed by atoms with van der Waals surface area (Å²) in [6.45, 7) is 3.20. The number of halogens is 1. The number of benzene rings is 1. The minimum Gasteiger partial charge on any atom is -0.493 e. The predicted octanol–water partition coefficient (Wildman–Crippen LogP) is 4.33. The van der Waals surface area contributed by atoms with Gasteiger partial charge in [0.25, 0.3) is 5.91 Å². The molecule has 1 aromatic heterocycles. The number of nitrogens with zero attached hydrogens (tertiary/aromatic N) is 2. The van der Waals surface area contributed by atoms with Gasteiger partial charge in [0, 0.05) is 32.3 Å². The van der Waals surface area contributed by atoms with E-state index in [1.807, 2.05) is 41.8 Å². The van der Waals surface area contributed by atoms with E-state index >= 15 is 0 Å². The van der Waals surface area contributed by atoms with E-state index < -0.39 is 5.97 Å². The minimum atomic E-state index is -0.487. The van der Waals surface area contributed by atoms with E-state index in [1.165, 1.54) is 13.2 Å². The number of methoxy groups -OCH3 is 1. The summed E-state index contributed by atoms with van der Waals surface area (Å²) in [4.78, 5) is 27.4. The predicted molar refractivity (Wildman–Crippen MR) is 118 cm³/mol. The molecule has 0 spiro atoms. The van der Waals surface area contributed by atoms with Gasteiger partial charge in [-0.3, -0.25) is 4.79 Å². The van der Waals surface area contributed by atoms with E-state index in [1.54, 1.807) is 6.07 Å². The molecule has 1 amide bonds. The summed E-state index contributed by atoms with van der Waals surface area (Å²) in [5, 5.41) is 0.291. The number of likely N-dealkylation sites (tertiary alicyclic amines) is 1. The Morgan fingerprint density at radius 3 is 2.74 bits per heavy atom. The van der Waals surface area contributed by atoms with E-state index in [2.05, 4.69) is 0 Å². The molecule has 7 nitrogen and oxygen atoms in total. The van der Waals surface area contributed by atoms with Crippen molar-refractivity contribution in [1.82, 2.24) is 9.47 Å². The van der Waals surface area contributed by atoms with E-state index in [0.29, 0.717) is 47.4 Å². The third-order valence-corrected chi connectivity index (χ3v) is 5.77. The molecule has 1 fully saturated rings. The lowest BCUT2D eigenvalue weighted by molar-refractivity contribution is 0.0406.